The second kappa shape index (κ2) is 10.2. The molecule has 0 saturated heterocycles. The first-order valence-electron chi connectivity index (χ1n) is 11.4. The molecule has 2 heterocycles. The molecule has 0 spiro atoms. The Morgan fingerprint density at radius 1 is 1.30 bits per heavy atom. The first-order valence-corrected chi connectivity index (χ1v) is 12.2. The summed E-state index contributed by atoms with van der Waals surface area (Å²) in [5.74, 6) is 0.390. The van der Waals surface area contributed by atoms with E-state index in [1.165, 1.54) is 31.5 Å². The van der Waals surface area contributed by atoms with Crippen LogP contribution in [-0.4, -0.2) is 34.2 Å². The van der Waals surface area contributed by atoms with Crippen molar-refractivity contribution in [1.82, 2.24) is 19.9 Å². The summed E-state index contributed by atoms with van der Waals surface area (Å²) in [5.41, 5.74) is 1.41. The van der Waals surface area contributed by atoms with Crippen LogP contribution in [0.5, 0.6) is 17.4 Å². The van der Waals surface area contributed by atoms with Crippen molar-refractivity contribution in [3.63, 3.8) is 0 Å². The standard InChI is InChI=1S/C26H20Cl2FN5O3/c1-36-26-19(11-30)24-31-13-22(37-17-4-2-3-15(9-17)14-5-6-14)23(34(24)33-26)25(35)32-12-21(29)18-8-7-16(27)10-20(18)28/h2-4,7-10,13-14,21H,5-6,12H2,1H3,(H,32,35). The van der Waals surface area contributed by atoms with Gasteiger partial charge in [-0.1, -0.05) is 41.4 Å². The van der Waals surface area contributed by atoms with Crippen LogP contribution < -0.4 is 14.8 Å². The number of methoxy groups -OCH3 is 1. The number of nitrogens with one attached hydrogen (secondary N) is 1. The highest BCUT2D eigenvalue weighted by Crippen LogP contribution is 2.41. The average molecular weight is 540 g/mol. The zero-order valence-electron chi connectivity index (χ0n) is 19.5. The van der Waals surface area contributed by atoms with E-state index in [-0.39, 0.29) is 45.7 Å². The van der Waals surface area contributed by atoms with Crippen LogP contribution in [0.1, 0.15) is 52.1 Å². The monoisotopic (exact) mass is 539 g/mol. The lowest BCUT2D eigenvalue weighted by Gasteiger charge is -2.15. The fourth-order valence-corrected chi connectivity index (χ4v) is 4.51. The largest absolute Gasteiger partial charge is 0.479 e. The molecular weight excluding hydrogens is 520 g/mol. The van der Waals surface area contributed by atoms with E-state index in [0.29, 0.717) is 16.7 Å². The van der Waals surface area contributed by atoms with Gasteiger partial charge in [-0.05, 0) is 48.6 Å². The molecule has 1 saturated carbocycles. The molecule has 37 heavy (non-hydrogen) atoms. The molecule has 0 radical (unpaired) electrons. The Kier molecular flexibility index (Phi) is 6.87. The molecule has 0 aliphatic heterocycles. The van der Waals surface area contributed by atoms with Gasteiger partial charge in [-0.25, -0.2) is 13.9 Å². The van der Waals surface area contributed by atoms with E-state index in [4.69, 9.17) is 32.7 Å². The molecule has 1 N–H and O–H groups in total. The number of rotatable bonds is 8. The van der Waals surface area contributed by atoms with Gasteiger partial charge in [-0.15, -0.1) is 5.10 Å². The summed E-state index contributed by atoms with van der Waals surface area (Å²) < 4.78 is 27.4. The topological polar surface area (TPSA) is 102 Å². The predicted octanol–water partition coefficient (Wildman–Crippen LogP) is 6.03. The lowest BCUT2D eigenvalue weighted by molar-refractivity contribution is 0.0931. The summed E-state index contributed by atoms with van der Waals surface area (Å²) in [6.45, 7) is -0.385. The summed E-state index contributed by atoms with van der Waals surface area (Å²) in [5, 5.41) is 16.9. The molecule has 1 fully saturated rings. The zero-order valence-corrected chi connectivity index (χ0v) is 21.1. The molecule has 1 aliphatic carbocycles. The highest BCUT2D eigenvalue weighted by atomic mass is 35.5. The fraction of sp³-hybridized carbons (Fsp3) is 0.231. The number of benzene rings is 2. The first kappa shape index (κ1) is 24.8. The van der Waals surface area contributed by atoms with Crippen LogP contribution in [0.15, 0.2) is 48.7 Å². The van der Waals surface area contributed by atoms with Crippen LogP contribution >= 0.6 is 23.2 Å². The van der Waals surface area contributed by atoms with Gasteiger partial charge >= 0.3 is 0 Å². The maximum absolute atomic E-state index is 15.0. The third-order valence-corrected chi connectivity index (χ3v) is 6.54. The fourth-order valence-electron chi connectivity index (χ4n) is 3.98. The summed E-state index contributed by atoms with van der Waals surface area (Å²) >= 11 is 12.0. The molecule has 1 aliphatic rings. The van der Waals surface area contributed by atoms with Crippen molar-refractivity contribution in [1.29, 1.82) is 5.26 Å². The number of halogens is 3. The van der Waals surface area contributed by atoms with Gasteiger partial charge in [0.25, 0.3) is 11.8 Å². The molecule has 188 valence electrons. The number of nitriles is 1. The molecule has 2 aromatic heterocycles. The number of aromatic nitrogens is 3. The van der Waals surface area contributed by atoms with E-state index >= 15 is 0 Å². The van der Waals surface area contributed by atoms with Gasteiger partial charge in [0.2, 0.25) is 0 Å². The van der Waals surface area contributed by atoms with Crippen LogP contribution in [0.2, 0.25) is 10.0 Å². The molecule has 4 aromatic rings. The number of nitrogens with zero attached hydrogens (tertiary/aromatic N) is 4. The average Bonchev–Trinajstić information content (AvgIpc) is 3.68. The SMILES string of the molecule is COc1nn2c(C(=O)NCC(F)c3ccc(Cl)cc3Cl)c(Oc3cccc(C4CC4)c3)cnc2c1C#N. The molecule has 2 aromatic carbocycles. The zero-order chi connectivity index (χ0) is 26.1. The van der Waals surface area contributed by atoms with Crippen molar-refractivity contribution in [3.05, 3.63) is 81.1 Å². The minimum Gasteiger partial charge on any atom is -0.479 e. The van der Waals surface area contributed by atoms with Gasteiger partial charge in [-0.3, -0.25) is 4.79 Å². The van der Waals surface area contributed by atoms with Gasteiger partial charge in [0.1, 0.15) is 18.0 Å². The second-order valence-electron chi connectivity index (χ2n) is 8.49. The summed E-state index contributed by atoms with van der Waals surface area (Å²) in [4.78, 5) is 17.7. The third-order valence-electron chi connectivity index (χ3n) is 5.97. The summed E-state index contributed by atoms with van der Waals surface area (Å²) in [6.07, 6.45) is 1.97. The minimum atomic E-state index is -1.60. The summed E-state index contributed by atoms with van der Waals surface area (Å²) in [6, 6.07) is 14.0. The summed E-state index contributed by atoms with van der Waals surface area (Å²) in [7, 11) is 1.35. The van der Waals surface area contributed by atoms with E-state index in [2.05, 4.69) is 15.4 Å². The Morgan fingerprint density at radius 3 is 2.81 bits per heavy atom. The van der Waals surface area contributed by atoms with Crippen molar-refractivity contribution in [2.24, 2.45) is 0 Å². The molecule has 1 amide bonds. The van der Waals surface area contributed by atoms with Crippen molar-refractivity contribution in [2.45, 2.75) is 24.9 Å². The van der Waals surface area contributed by atoms with Crippen LogP contribution in [0, 0.1) is 11.3 Å². The Labute approximate surface area is 221 Å². The van der Waals surface area contributed by atoms with Gasteiger partial charge in [0, 0.05) is 15.6 Å². The van der Waals surface area contributed by atoms with Crippen LogP contribution in [0.25, 0.3) is 5.65 Å². The number of hydrogen-bond donors (Lipinski definition) is 1. The van der Waals surface area contributed by atoms with Crippen molar-refractivity contribution >= 4 is 34.8 Å². The number of amides is 1. The highest BCUT2D eigenvalue weighted by Gasteiger charge is 2.27. The van der Waals surface area contributed by atoms with E-state index in [1.54, 1.807) is 6.07 Å². The molecule has 8 nitrogen and oxygen atoms in total. The number of ether oxygens (including phenoxy) is 2. The Bertz CT molecular complexity index is 1550. The van der Waals surface area contributed by atoms with Crippen molar-refractivity contribution in [2.75, 3.05) is 13.7 Å². The molecule has 1 atom stereocenters. The quantitative estimate of drug-likeness (QED) is 0.293. The second-order valence-corrected chi connectivity index (χ2v) is 9.34. The van der Waals surface area contributed by atoms with Gasteiger partial charge in [0.15, 0.2) is 22.7 Å². The highest BCUT2D eigenvalue weighted by molar-refractivity contribution is 6.35. The van der Waals surface area contributed by atoms with Crippen LogP contribution in [-0.2, 0) is 0 Å². The normalized spacial score (nSPS) is 13.7. The number of hydrogen-bond acceptors (Lipinski definition) is 6. The van der Waals surface area contributed by atoms with Gasteiger partial charge in [-0.2, -0.15) is 5.26 Å². The molecule has 1 unspecified atom stereocenters. The predicted molar refractivity (Wildman–Crippen MR) is 135 cm³/mol. The Balaban J connectivity index is 1.49. The third kappa shape index (κ3) is 5.03. The van der Waals surface area contributed by atoms with Gasteiger partial charge in [0.05, 0.1) is 19.9 Å². The molecule has 11 heteroatoms. The molecule has 0 bridgehead atoms. The maximum atomic E-state index is 15.0. The van der Waals surface area contributed by atoms with Crippen molar-refractivity contribution in [3.8, 4) is 23.4 Å². The Hall–Kier alpha value is -3.87. The van der Waals surface area contributed by atoms with Gasteiger partial charge < -0.3 is 14.8 Å². The van der Waals surface area contributed by atoms with E-state index < -0.39 is 12.1 Å². The van der Waals surface area contributed by atoms with E-state index in [0.717, 1.165) is 22.9 Å². The van der Waals surface area contributed by atoms with Crippen LogP contribution in [0.4, 0.5) is 4.39 Å². The Morgan fingerprint density at radius 2 is 2.11 bits per heavy atom. The van der Waals surface area contributed by atoms with Crippen molar-refractivity contribution < 1.29 is 18.7 Å². The number of fused-ring (bicyclic) bond motifs is 1. The number of carbonyl (C=O) groups is 1. The lowest BCUT2D eigenvalue weighted by Crippen LogP contribution is -2.29. The molecule has 5 rings (SSSR count). The van der Waals surface area contributed by atoms with E-state index in [9.17, 15) is 14.4 Å². The molecular formula is C26H20Cl2FN5O3. The van der Waals surface area contributed by atoms with Crippen LogP contribution in [0.3, 0.4) is 0 Å². The maximum Gasteiger partial charge on any atom is 0.274 e. The number of carbonyl (C=O) groups excluding carboxylic acids is 1. The minimum absolute atomic E-state index is 0.00625. The number of alkyl halides is 1. The lowest BCUT2D eigenvalue weighted by atomic mass is 10.1. The van der Waals surface area contributed by atoms with E-state index in [1.807, 2.05) is 24.3 Å². The smallest absolute Gasteiger partial charge is 0.274 e. The first-order chi connectivity index (χ1) is 17.9.